The van der Waals surface area contributed by atoms with Crippen molar-refractivity contribution in [3.63, 3.8) is 0 Å². The van der Waals surface area contributed by atoms with Gasteiger partial charge in [-0.1, -0.05) is 13.3 Å². The predicted octanol–water partition coefficient (Wildman–Crippen LogP) is 4.27. The van der Waals surface area contributed by atoms with E-state index in [1.807, 2.05) is 0 Å². The van der Waals surface area contributed by atoms with Crippen molar-refractivity contribution in [1.82, 2.24) is 0 Å². The van der Waals surface area contributed by atoms with Crippen molar-refractivity contribution in [1.29, 1.82) is 0 Å². The van der Waals surface area contributed by atoms with Crippen LogP contribution in [0.25, 0.3) is 0 Å². The second-order valence-electron chi connectivity index (χ2n) is 3.74. The summed E-state index contributed by atoms with van der Waals surface area (Å²) in [6, 6.07) is 0. The molecule has 126 valence electrons. The largest absolute Gasteiger partial charge is 0.457 e. The summed E-state index contributed by atoms with van der Waals surface area (Å²) in [5.41, 5.74) is -1.88. The van der Waals surface area contributed by atoms with Crippen LogP contribution in [0.3, 0.4) is 0 Å². The number of unbranched alkanes of at least 4 members (excludes halogenated alkanes) is 1. The summed E-state index contributed by atoms with van der Waals surface area (Å²) in [6.45, 7) is -3.05. The van der Waals surface area contributed by atoms with Crippen molar-refractivity contribution in [3.05, 3.63) is 0 Å². The first kappa shape index (κ1) is 20.2. The van der Waals surface area contributed by atoms with Crippen LogP contribution in [0, 0.1) is 0 Å². The third-order valence-corrected chi connectivity index (χ3v) is 3.26. The lowest BCUT2D eigenvalue weighted by atomic mass is 10.4. The molecule has 0 radical (unpaired) electrons. The van der Waals surface area contributed by atoms with Crippen molar-refractivity contribution < 1.29 is 49.5 Å². The Morgan fingerprint density at radius 2 is 1.43 bits per heavy atom. The molecule has 0 aromatic heterocycles. The highest BCUT2D eigenvalue weighted by molar-refractivity contribution is 7.71. The molecular formula is C9H13F6O5P. The molecule has 0 saturated heterocycles. The molecule has 0 aromatic carbocycles. The first-order valence-electron chi connectivity index (χ1n) is 5.59. The second kappa shape index (κ2) is 8.00. The predicted molar refractivity (Wildman–Crippen MR) is 57.9 cm³/mol. The summed E-state index contributed by atoms with van der Waals surface area (Å²) in [6.07, 6.45) is -9.18. The van der Waals surface area contributed by atoms with Gasteiger partial charge in [-0.25, -0.2) is 9.36 Å². The molecule has 0 aliphatic heterocycles. The van der Waals surface area contributed by atoms with Crippen molar-refractivity contribution in [2.75, 3.05) is 19.8 Å². The highest BCUT2D eigenvalue weighted by Crippen LogP contribution is 2.52. The molecule has 0 atom stereocenters. The quantitative estimate of drug-likeness (QED) is 0.373. The fourth-order valence-corrected chi connectivity index (χ4v) is 2.01. The Labute approximate surface area is 116 Å². The Balaban J connectivity index is 4.81. The molecule has 0 fully saturated rings. The zero-order chi connectivity index (χ0) is 16.7. The third-order valence-electron chi connectivity index (χ3n) is 1.74. The van der Waals surface area contributed by atoms with Crippen LogP contribution in [0.2, 0.25) is 0 Å². The van der Waals surface area contributed by atoms with Crippen LogP contribution in [0.5, 0.6) is 0 Å². The molecule has 5 nitrogen and oxygen atoms in total. The van der Waals surface area contributed by atoms with Gasteiger partial charge in [0.1, 0.15) is 0 Å². The molecular weight excluding hydrogens is 333 g/mol. The molecule has 0 bridgehead atoms. The van der Waals surface area contributed by atoms with E-state index in [1.54, 1.807) is 6.92 Å². The molecule has 0 N–H and O–H groups in total. The van der Waals surface area contributed by atoms with Crippen LogP contribution in [-0.4, -0.2) is 37.9 Å². The smallest absolute Gasteiger partial charge is 0.439 e. The maximum absolute atomic E-state index is 12.0. The number of hydrogen-bond donors (Lipinski definition) is 0. The summed E-state index contributed by atoms with van der Waals surface area (Å²) in [5.74, 6) is 0. The molecule has 0 heterocycles. The van der Waals surface area contributed by atoms with Gasteiger partial charge in [-0.2, -0.15) is 26.3 Å². The topological polar surface area (TPSA) is 61.8 Å². The van der Waals surface area contributed by atoms with E-state index >= 15 is 0 Å². The number of carbonyl (C=O) groups excluding carboxylic acids is 1. The van der Waals surface area contributed by atoms with E-state index in [9.17, 15) is 35.7 Å². The molecule has 0 saturated carbocycles. The van der Waals surface area contributed by atoms with Gasteiger partial charge in [-0.05, 0) is 6.42 Å². The monoisotopic (exact) mass is 346 g/mol. The Morgan fingerprint density at radius 1 is 1.00 bits per heavy atom. The summed E-state index contributed by atoms with van der Waals surface area (Å²) >= 11 is 0. The maximum Gasteiger partial charge on any atom is 0.439 e. The second-order valence-corrected chi connectivity index (χ2v) is 5.62. The highest BCUT2D eigenvalue weighted by Gasteiger charge is 2.44. The van der Waals surface area contributed by atoms with Gasteiger partial charge in [0.25, 0.3) is 0 Å². The lowest BCUT2D eigenvalue weighted by Crippen LogP contribution is -2.22. The van der Waals surface area contributed by atoms with E-state index in [-0.39, 0.29) is 13.0 Å². The van der Waals surface area contributed by atoms with Crippen LogP contribution in [0.1, 0.15) is 19.8 Å². The zero-order valence-electron chi connectivity index (χ0n) is 10.8. The molecule has 12 heteroatoms. The minimum atomic E-state index is -5.34. The van der Waals surface area contributed by atoms with Gasteiger partial charge in [0.15, 0.2) is 13.2 Å². The Morgan fingerprint density at radius 3 is 1.76 bits per heavy atom. The van der Waals surface area contributed by atoms with Crippen LogP contribution in [0.15, 0.2) is 0 Å². The summed E-state index contributed by atoms with van der Waals surface area (Å²) < 4.78 is 95.1. The fourth-order valence-electron chi connectivity index (χ4n) is 0.842. The van der Waals surface area contributed by atoms with Crippen molar-refractivity contribution in [2.24, 2.45) is 0 Å². The van der Waals surface area contributed by atoms with Gasteiger partial charge >= 0.3 is 25.7 Å². The number of ether oxygens (including phenoxy) is 1. The normalized spacial score (nSPS) is 13.3. The molecule has 0 amide bonds. The Bertz CT molecular complexity index is 358. The summed E-state index contributed by atoms with van der Waals surface area (Å²) in [7, 11) is -5.34. The van der Waals surface area contributed by atoms with E-state index in [2.05, 4.69) is 13.8 Å². The number of halogens is 6. The summed E-state index contributed by atoms with van der Waals surface area (Å²) in [5, 5.41) is 0. The van der Waals surface area contributed by atoms with Gasteiger partial charge in [0.05, 0.1) is 6.61 Å². The van der Waals surface area contributed by atoms with Crippen LogP contribution in [-0.2, 0) is 18.3 Å². The minimum absolute atomic E-state index is 0.282. The first-order chi connectivity index (χ1) is 9.40. The number of rotatable bonds is 8. The van der Waals surface area contributed by atoms with E-state index in [1.165, 1.54) is 0 Å². The third kappa shape index (κ3) is 9.70. The molecule has 0 rings (SSSR count). The Kier molecular flexibility index (Phi) is 7.69. The standard InChI is InChI=1S/C9H13F6O5P/c1-2-3-4-18-7(16)21(17,19-5-8(10,11)12)20-6-9(13,14)15/h2-6H2,1H3. The number of hydrogen-bond acceptors (Lipinski definition) is 5. The lowest BCUT2D eigenvalue weighted by molar-refractivity contribution is -0.164. The molecule has 0 aliphatic carbocycles. The van der Waals surface area contributed by atoms with Crippen molar-refractivity contribution in [3.8, 4) is 0 Å². The fraction of sp³-hybridized carbons (Fsp3) is 0.889. The maximum atomic E-state index is 12.0. The van der Waals surface area contributed by atoms with Gasteiger partial charge in [0.2, 0.25) is 0 Å². The molecule has 21 heavy (non-hydrogen) atoms. The van der Waals surface area contributed by atoms with Crippen LogP contribution < -0.4 is 0 Å². The average molecular weight is 346 g/mol. The van der Waals surface area contributed by atoms with Crippen molar-refractivity contribution >= 4 is 13.3 Å². The average Bonchev–Trinajstić information content (AvgIpc) is 2.32. The van der Waals surface area contributed by atoms with E-state index in [0.717, 1.165) is 0 Å². The van der Waals surface area contributed by atoms with Crippen LogP contribution in [0.4, 0.5) is 31.1 Å². The van der Waals surface area contributed by atoms with Crippen LogP contribution >= 0.6 is 7.60 Å². The van der Waals surface area contributed by atoms with Gasteiger partial charge in [0, 0.05) is 0 Å². The molecule has 0 unspecified atom stereocenters. The Hall–Kier alpha value is -0.800. The van der Waals surface area contributed by atoms with Gasteiger partial charge in [-0.3, -0.25) is 9.05 Å². The minimum Gasteiger partial charge on any atom is -0.457 e. The molecule has 0 aromatic rings. The summed E-state index contributed by atoms with van der Waals surface area (Å²) in [4.78, 5) is 11.3. The van der Waals surface area contributed by atoms with E-state index in [0.29, 0.717) is 6.42 Å². The van der Waals surface area contributed by atoms with Crippen molar-refractivity contribution in [2.45, 2.75) is 32.1 Å². The van der Waals surface area contributed by atoms with E-state index < -0.39 is 38.9 Å². The highest BCUT2D eigenvalue weighted by atomic mass is 31.2. The number of alkyl halides is 6. The SMILES string of the molecule is CCCCOC(=O)P(=O)(OCC(F)(F)F)OCC(F)(F)F. The number of carbonyl (C=O) groups is 1. The molecule has 0 spiro atoms. The van der Waals surface area contributed by atoms with Gasteiger partial charge in [-0.15, -0.1) is 0 Å². The first-order valence-corrected chi connectivity index (χ1v) is 7.14. The molecule has 0 aliphatic rings. The van der Waals surface area contributed by atoms with E-state index in [4.69, 9.17) is 0 Å². The van der Waals surface area contributed by atoms with Gasteiger partial charge < -0.3 is 4.74 Å². The lowest BCUT2D eigenvalue weighted by Gasteiger charge is -2.18. The zero-order valence-corrected chi connectivity index (χ0v) is 11.7.